The lowest BCUT2D eigenvalue weighted by atomic mass is 10.0. The van der Waals surface area contributed by atoms with E-state index in [0.29, 0.717) is 18.1 Å². The molecule has 2 aromatic carbocycles. The molecule has 0 unspecified atom stereocenters. The minimum atomic E-state index is -3.92. The van der Waals surface area contributed by atoms with Crippen LogP contribution in [0.3, 0.4) is 0 Å². The molecule has 0 spiro atoms. The number of benzene rings is 2. The van der Waals surface area contributed by atoms with Crippen molar-refractivity contribution in [2.75, 3.05) is 13.7 Å². The van der Waals surface area contributed by atoms with Crippen LogP contribution in [0.1, 0.15) is 41.3 Å². The predicted molar refractivity (Wildman–Crippen MR) is 102 cm³/mol. The van der Waals surface area contributed by atoms with Crippen molar-refractivity contribution in [1.29, 1.82) is 0 Å². The smallest absolute Gasteiger partial charge is 0.301 e. The summed E-state index contributed by atoms with van der Waals surface area (Å²) in [7, 11) is -2.40. The van der Waals surface area contributed by atoms with Crippen LogP contribution in [0.25, 0.3) is 0 Å². The van der Waals surface area contributed by atoms with Gasteiger partial charge in [0.2, 0.25) is 0 Å². The zero-order valence-electron chi connectivity index (χ0n) is 15.2. The molecule has 1 amide bonds. The Morgan fingerprint density at radius 1 is 1.04 bits per heavy atom. The zero-order valence-corrected chi connectivity index (χ0v) is 16.0. The van der Waals surface area contributed by atoms with Crippen LogP contribution in [0.5, 0.6) is 5.75 Å². The van der Waals surface area contributed by atoms with Gasteiger partial charge in [-0.3, -0.25) is 4.79 Å². The lowest BCUT2D eigenvalue weighted by molar-refractivity contribution is 0.0981. The third kappa shape index (κ3) is 5.86. The van der Waals surface area contributed by atoms with E-state index < -0.39 is 16.1 Å². The number of amides is 1. The van der Waals surface area contributed by atoms with E-state index in [2.05, 4.69) is 18.6 Å². The Hall–Kier alpha value is -2.38. The van der Waals surface area contributed by atoms with Gasteiger partial charge in [-0.15, -0.1) is 0 Å². The van der Waals surface area contributed by atoms with Crippen molar-refractivity contribution >= 4 is 16.1 Å². The van der Waals surface area contributed by atoms with E-state index in [1.54, 1.807) is 12.1 Å². The highest BCUT2D eigenvalue weighted by Crippen LogP contribution is 2.15. The van der Waals surface area contributed by atoms with Gasteiger partial charge < -0.3 is 4.74 Å². The lowest BCUT2D eigenvalue weighted by Crippen LogP contribution is -2.41. The van der Waals surface area contributed by atoms with Crippen LogP contribution in [0.15, 0.2) is 48.5 Å². The molecular formula is C19H24N2O4S. The maximum Gasteiger partial charge on any atom is 0.301 e. The normalized spacial score (nSPS) is 11.4. The topological polar surface area (TPSA) is 84.5 Å². The quantitative estimate of drug-likeness (QED) is 0.742. The molecule has 0 fully saturated rings. The number of hydrogen-bond donors (Lipinski definition) is 2. The van der Waals surface area contributed by atoms with E-state index in [1.807, 2.05) is 29.0 Å². The fourth-order valence-corrected chi connectivity index (χ4v) is 3.16. The number of rotatable bonds is 8. The summed E-state index contributed by atoms with van der Waals surface area (Å²) >= 11 is 0. The Kier molecular flexibility index (Phi) is 6.76. The van der Waals surface area contributed by atoms with Crippen LogP contribution in [0.4, 0.5) is 0 Å². The molecule has 6 nitrogen and oxygen atoms in total. The Balaban J connectivity index is 1.86. The number of hydrogen-bond acceptors (Lipinski definition) is 4. The first-order valence-electron chi connectivity index (χ1n) is 8.35. The summed E-state index contributed by atoms with van der Waals surface area (Å²) in [5, 5.41) is 0. The molecule has 0 radical (unpaired) electrons. The molecule has 2 N–H and O–H groups in total. The fourth-order valence-electron chi connectivity index (χ4n) is 2.36. The van der Waals surface area contributed by atoms with E-state index in [-0.39, 0.29) is 12.1 Å². The molecule has 2 rings (SSSR count). The average Bonchev–Trinajstić information content (AvgIpc) is 2.61. The van der Waals surface area contributed by atoms with Crippen molar-refractivity contribution in [3.63, 3.8) is 0 Å². The van der Waals surface area contributed by atoms with E-state index in [1.165, 1.54) is 24.8 Å². The summed E-state index contributed by atoms with van der Waals surface area (Å²) < 4.78 is 33.4. The molecule has 7 heteroatoms. The summed E-state index contributed by atoms with van der Waals surface area (Å²) in [4.78, 5) is 12.0. The number of ether oxygens (including phenoxy) is 1. The zero-order chi connectivity index (χ0) is 19.2. The summed E-state index contributed by atoms with van der Waals surface area (Å²) in [6.45, 7) is 4.44. The van der Waals surface area contributed by atoms with Gasteiger partial charge in [-0.2, -0.15) is 13.1 Å². The predicted octanol–water partition coefficient (Wildman–Crippen LogP) is 2.63. The molecule has 0 aliphatic heterocycles. The summed E-state index contributed by atoms with van der Waals surface area (Å²) in [5.74, 6) is 0.350. The average molecular weight is 376 g/mol. The Morgan fingerprint density at radius 2 is 1.65 bits per heavy atom. The van der Waals surface area contributed by atoms with Crippen molar-refractivity contribution in [2.45, 2.75) is 26.2 Å². The molecule has 0 heterocycles. The highest BCUT2D eigenvalue weighted by atomic mass is 32.2. The highest BCUT2D eigenvalue weighted by molar-refractivity contribution is 7.88. The second-order valence-corrected chi connectivity index (χ2v) is 7.70. The number of carbonyl (C=O) groups is 1. The summed E-state index contributed by atoms with van der Waals surface area (Å²) in [5.41, 5.74) is 2.50. The lowest BCUT2D eigenvalue weighted by Gasteiger charge is -2.10. The Morgan fingerprint density at radius 3 is 2.19 bits per heavy atom. The summed E-state index contributed by atoms with van der Waals surface area (Å²) in [6, 6.07) is 14.2. The van der Waals surface area contributed by atoms with Crippen molar-refractivity contribution in [3.05, 3.63) is 65.2 Å². The Labute approximate surface area is 154 Å². The third-order valence-electron chi connectivity index (χ3n) is 3.93. The highest BCUT2D eigenvalue weighted by Gasteiger charge is 2.15. The van der Waals surface area contributed by atoms with Crippen molar-refractivity contribution in [1.82, 2.24) is 9.44 Å². The van der Waals surface area contributed by atoms with E-state index in [4.69, 9.17) is 4.74 Å². The van der Waals surface area contributed by atoms with Crippen molar-refractivity contribution in [3.8, 4) is 5.75 Å². The van der Waals surface area contributed by atoms with Gasteiger partial charge >= 0.3 is 10.2 Å². The van der Waals surface area contributed by atoms with Crippen LogP contribution in [0, 0.1) is 0 Å². The second kappa shape index (κ2) is 8.82. The molecule has 140 valence electrons. The van der Waals surface area contributed by atoms with Crippen LogP contribution >= 0.6 is 0 Å². The molecule has 0 aliphatic carbocycles. The van der Waals surface area contributed by atoms with Crippen LogP contribution in [-0.2, 0) is 16.6 Å². The first-order chi connectivity index (χ1) is 12.3. The number of nitrogens with one attached hydrogen (secondary N) is 2. The van der Waals surface area contributed by atoms with E-state index in [0.717, 1.165) is 5.56 Å². The monoisotopic (exact) mass is 376 g/mol. The van der Waals surface area contributed by atoms with Crippen molar-refractivity contribution in [2.24, 2.45) is 0 Å². The van der Waals surface area contributed by atoms with Gasteiger partial charge in [0.1, 0.15) is 5.75 Å². The molecule has 0 saturated carbocycles. The van der Waals surface area contributed by atoms with Gasteiger partial charge in [0, 0.05) is 12.1 Å². The maximum atomic E-state index is 12.0. The molecule has 26 heavy (non-hydrogen) atoms. The molecule has 2 aromatic rings. The third-order valence-corrected chi connectivity index (χ3v) is 4.97. The first kappa shape index (κ1) is 19.9. The maximum absolute atomic E-state index is 12.0. The van der Waals surface area contributed by atoms with Gasteiger partial charge in [0.15, 0.2) is 0 Å². The minimum absolute atomic E-state index is 0.201. The second-order valence-electron chi connectivity index (χ2n) is 6.20. The van der Waals surface area contributed by atoms with Gasteiger partial charge in [-0.25, -0.2) is 4.72 Å². The van der Waals surface area contributed by atoms with Gasteiger partial charge in [0.05, 0.1) is 7.11 Å². The van der Waals surface area contributed by atoms with Crippen LogP contribution < -0.4 is 14.2 Å². The fraction of sp³-hybridized carbons (Fsp3) is 0.316. The number of methoxy groups -OCH3 is 1. The molecule has 0 aromatic heterocycles. The molecule has 0 bridgehead atoms. The van der Waals surface area contributed by atoms with Crippen LogP contribution in [-0.4, -0.2) is 28.0 Å². The minimum Gasteiger partial charge on any atom is -0.497 e. The SMILES string of the molecule is COc1ccc(C(=O)NS(=O)(=O)NCCc2ccc(C(C)C)cc2)cc1. The molecule has 0 saturated heterocycles. The van der Waals surface area contributed by atoms with Gasteiger partial charge in [-0.1, -0.05) is 38.1 Å². The van der Waals surface area contributed by atoms with E-state index >= 15 is 0 Å². The molecule has 0 aliphatic rings. The molecule has 0 atom stereocenters. The van der Waals surface area contributed by atoms with E-state index in [9.17, 15) is 13.2 Å². The van der Waals surface area contributed by atoms with Gasteiger partial charge in [-0.05, 0) is 47.7 Å². The largest absolute Gasteiger partial charge is 0.497 e. The van der Waals surface area contributed by atoms with Gasteiger partial charge in [0.25, 0.3) is 5.91 Å². The Bertz CT molecular complexity index is 829. The molecular weight excluding hydrogens is 352 g/mol. The number of carbonyl (C=O) groups excluding carboxylic acids is 1. The van der Waals surface area contributed by atoms with Crippen molar-refractivity contribution < 1.29 is 17.9 Å². The standard InChI is InChI=1S/C19H24N2O4S/c1-14(2)16-6-4-15(5-7-16)12-13-20-26(23,24)21-19(22)17-8-10-18(25-3)11-9-17/h4-11,14,20H,12-13H2,1-3H3,(H,21,22). The van der Waals surface area contributed by atoms with Crippen LogP contribution in [0.2, 0.25) is 0 Å². The summed E-state index contributed by atoms with van der Waals surface area (Å²) in [6.07, 6.45) is 0.538. The first-order valence-corrected chi connectivity index (χ1v) is 9.83.